The van der Waals surface area contributed by atoms with E-state index >= 15 is 0 Å². The summed E-state index contributed by atoms with van der Waals surface area (Å²) in [7, 11) is 0. The first-order valence-electron chi connectivity index (χ1n) is 10.1. The third kappa shape index (κ3) is 3.81. The number of hydrogen-bond acceptors (Lipinski definition) is 6. The van der Waals surface area contributed by atoms with Crippen molar-refractivity contribution in [2.45, 2.75) is 33.1 Å². The van der Waals surface area contributed by atoms with E-state index in [0.29, 0.717) is 33.8 Å². The van der Waals surface area contributed by atoms with Gasteiger partial charge in [0.25, 0.3) is 5.91 Å². The number of rotatable bonds is 4. The largest absolute Gasteiger partial charge is 0.302 e. The number of amides is 2. The van der Waals surface area contributed by atoms with Gasteiger partial charge in [-0.3, -0.25) is 19.5 Å². The van der Waals surface area contributed by atoms with Crippen molar-refractivity contribution in [1.82, 2.24) is 15.0 Å². The normalized spacial score (nSPS) is 15.7. The number of carbonyl (C=O) groups excluding carboxylic acids is 2. The monoisotopic (exact) mass is 453 g/mol. The summed E-state index contributed by atoms with van der Waals surface area (Å²) in [6, 6.07) is 3.86. The number of aryl methyl sites for hydroxylation is 2. The summed E-state index contributed by atoms with van der Waals surface area (Å²) in [5.41, 5.74) is 4.31. The van der Waals surface area contributed by atoms with Gasteiger partial charge >= 0.3 is 0 Å². The maximum atomic E-state index is 13.2. The van der Waals surface area contributed by atoms with Crippen molar-refractivity contribution in [3.05, 3.63) is 51.2 Å². The Morgan fingerprint density at radius 3 is 2.77 bits per heavy atom. The minimum Gasteiger partial charge on any atom is -0.302 e. The quantitative estimate of drug-likeness (QED) is 0.631. The molecule has 2 amide bonds. The topological polar surface area (TPSA) is 88.1 Å². The van der Waals surface area contributed by atoms with Gasteiger partial charge in [-0.15, -0.1) is 0 Å². The second-order valence-corrected chi connectivity index (χ2v) is 9.37. The summed E-state index contributed by atoms with van der Waals surface area (Å²) in [5.74, 6) is 0.429. The minimum atomic E-state index is -0.167. The zero-order valence-electron chi connectivity index (χ0n) is 17.1. The molecule has 0 saturated heterocycles. The molecule has 0 radical (unpaired) electrons. The molecule has 7 nitrogen and oxygen atoms in total. The number of anilines is 2. The van der Waals surface area contributed by atoms with Gasteiger partial charge in [-0.05, 0) is 43.9 Å². The molecule has 0 atom stereocenters. The molecule has 2 aliphatic rings. The fraction of sp³-hybridized carbons (Fsp3) is 0.318. The lowest BCUT2D eigenvalue weighted by Crippen LogP contribution is -2.37. The number of aromatic nitrogens is 3. The van der Waals surface area contributed by atoms with Crippen LogP contribution < -0.4 is 10.2 Å². The predicted molar refractivity (Wildman–Crippen MR) is 121 cm³/mol. The number of pyridine rings is 2. The number of hydrogen-bond donors (Lipinski definition) is 1. The molecular weight excluding hydrogens is 434 g/mol. The standard InChI is InChI=1S/C22H20ClN5O2S/c1-11-7-12(2)18(25-9-11)14-8-17(24-10-15(14)23)28-6-5-16-19(21(28)30)31-22(26-16)27-20(29)13-3-4-13/h7-10,13H,3-6H2,1-2H3,(H,26,27,29). The lowest BCUT2D eigenvalue weighted by atomic mass is 10.1. The van der Waals surface area contributed by atoms with Crippen molar-refractivity contribution in [3.8, 4) is 11.3 Å². The van der Waals surface area contributed by atoms with E-state index in [1.54, 1.807) is 17.3 Å². The Morgan fingerprint density at radius 1 is 1.23 bits per heavy atom. The van der Waals surface area contributed by atoms with Gasteiger partial charge < -0.3 is 5.32 Å². The first-order valence-corrected chi connectivity index (χ1v) is 11.3. The van der Waals surface area contributed by atoms with Crippen molar-refractivity contribution in [1.29, 1.82) is 0 Å². The first-order chi connectivity index (χ1) is 14.9. The van der Waals surface area contributed by atoms with E-state index in [2.05, 4.69) is 20.3 Å². The predicted octanol–water partition coefficient (Wildman–Crippen LogP) is 4.42. The van der Waals surface area contributed by atoms with Gasteiger partial charge in [0.1, 0.15) is 10.7 Å². The third-order valence-corrected chi connectivity index (χ3v) is 6.78. The van der Waals surface area contributed by atoms with E-state index in [1.165, 1.54) is 11.3 Å². The zero-order valence-corrected chi connectivity index (χ0v) is 18.7. The highest BCUT2D eigenvalue weighted by atomic mass is 35.5. The van der Waals surface area contributed by atoms with E-state index in [1.807, 2.05) is 26.0 Å². The molecule has 1 N–H and O–H groups in total. The Bertz CT molecular complexity index is 1220. The molecule has 158 valence electrons. The SMILES string of the molecule is Cc1cnc(-c2cc(N3CCc4nc(NC(=O)C5CC5)sc4C3=O)ncc2Cl)c(C)c1. The molecule has 1 fully saturated rings. The fourth-order valence-corrected chi connectivity index (χ4v) is 4.87. The third-order valence-electron chi connectivity index (χ3n) is 5.47. The van der Waals surface area contributed by atoms with Crippen molar-refractivity contribution in [3.63, 3.8) is 0 Å². The van der Waals surface area contributed by atoms with Gasteiger partial charge in [-0.25, -0.2) is 9.97 Å². The van der Waals surface area contributed by atoms with E-state index in [9.17, 15) is 9.59 Å². The van der Waals surface area contributed by atoms with Crippen molar-refractivity contribution in [2.75, 3.05) is 16.8 Å². The van der Waals surface area contributed by atoms with E-state index in [4.69, 9.17) is 11.6 Å². The molecule has 3 aromatic rings. The molecule has 0 spiro atoms. The second-order valence-electron chi connectivity index (χ2n) is 7.97. The molecule has 1 aliphatic carbocycles. The van der Waals surface area contributed by atoms with E-state index in [0.717, 1.165) is 40.9 Å². The first kappa shape index (κ1) is 20.1. The molecule has 3 aromatic heterocycles. The molecular formula is C22H20ClN5O2S. The summed E-state index contributed by atoms with van der Waals surface area (Å²) in [6.45, 7) is 4.43. The Kier molecular flexibility index (Phi) is 4.98. The average Bonchev–Trinajstić information content (AvgIpc) is 3.50. The number of thiazole rings is 1. The Hall–Kier alpha value is -2.84. The molecule has 1 aliphatic heterocycles. The maximum absolute atomic E-state index is 13.2. The smallest absolute Gasteiger partial charge is 0.271 e. The Balaban J connectivity index is 1.44. The average molecular weight is 454 g/mol. The van der Waals surface area contributed by atoms with Crippen molar-refractivity contribution < 1.29 is 9.59 Å². The maximum Gasteiger partial charge on any atom is 0.271 e. The molecule has 0 aromatic carbocycles. The minimum absolute atomic E-state index is 0.0135. The van der Waals surface area contributed by atoms with Gasteiger partial charge in [-0.2, -0.15) is 0 Å². The highest BCUT2D eigenvalue weighted by Crippen LogP contribution is 2.35. The van der Waals surface area contributed by atoms with Gasteiger partial charge in [-0.1, -0.05) is 29.0 Å². The van der Waals surface area contributed by atoms with Crippen LogP contribution in [0.3, 0.4) is 0 Å². The van der Waals surface area contributed by atoms with Gasteiger partial charge in [0, 0.05) is 36.8 Å². The van der Waals surface area contributed by atoms with Gasteiger partial charge in [0.2, 0.25) is 5.91 Å². The highest BCUT2D eigenvalue weighted by molar-refractivity contribution is 7.18. The van der Waals surface area contributed by atoms with E-state index < -0.39 is 0 Å². The molecule has 5 rings (SSSR count). The molecule has 0 bridgehead atoms. The summed E-state index contributed by atoms with van der Waals surface area (Å²) >= 11 is 7.65. The van der Waals surface area contributed by atoms with Crippen LogP contribution in [0.2, 0.25) is 5.02 Å². The summed E-state index contributed by atoms with van der Waals surface area (Å²) in [6.07, 6.45) is 5.79. The zero-order chi connectivity index (χ0) is 21.7. The van der Waals surface area contributed by atoms with Gasteiger partial charge in [0.15, 0.2) is 5.13 Å². The molecule has 1 saturated carbocycles. The summed E-state index contributed by atoms with van der Waals surface area (Å²) in [5, 5.41) is 3.81. The van der Waals surface area contributed by atoms with E-state index in [-0.39, 0.29) is 17.7 Å². The second kappa shape index (κ2) is 7.69. The summed E-state index contributed by atoms with van der Waals surface area (Å²) in [4.78, 5) is 40.8. The Morgan fingerprint density at radius 2 is 2.03 bits per heavy atom. The number of nitrogens with one attached hydrogen (secondary N) is 1. The number of halogens is 1. The number of fused-ring (bicyclic) bond motifs is 1. The molecule has 9 heteroatoms. The fourth-order valence-electron chi connectivity index (χ4n) is 3.71. The molecule has 4 heterocycles. The van der Waals surface area contributed by atoms with Crippen LogP contribution in [-0.2, 0) is 11.2 Å². The molecule has 31 heavy (non-hydrogen) atoms. The van der Waals surface area contributed by atoms with Crippen LogP contribution in [0.15, 0.2) is 24.5 Å². The van der Waals surface area contributed by atoms with Crippen molar-refractivity contribution in [2.24, 2.45) is 5.92 Å². The highest BCUT2D eigenvalue weighted by Gasteiger charge is 2.33. The van der Waals surface area contributed by atoms with Crippen LogP contribution in [0, 0.1) is 19.8 Å². The van der Waals surface area contributed by atoms with Gasteiger partial charge in [0.05, 0.1) is 16.4 Å². The van der Waals surface area contributed by atoms with Crippen LogP contribution in [-0.4, -0.2) is 33.3 Å². The molecule has 0 unspecified atom stereocenters. The number of nitrogens with zero attached hydrogens (tertiary/aromatic N) is 4. The lowest BCUT2D eigenvalue weighted by Gasteiger charge is -2.25. The van der Waals surface area contributed by atoms with Crippen LogP contribution in [0.4, 0.5) is 10.9 Å². The van der Waals surface area contributed by atoms with Crippen molar-refractivity contribution >= 4 is 45.7 Å². The van der Waals surface area contributed by atoms with Crippen LogP contribution in [0.1, 0.15) is 39.3 Å². The van der Waals surface area contributed by atoms with Crippen LogP contribution >= 0.6 is 22.9 Å². The van der Waals surface area contributed by atoms with Crippen LogP contribution in [0.25, 0.3) is 11.3 Å². The number of carbonyl (C=O) groups is 2. The lowest BCUT2D eigenvalue weighted by molar-refractivity contribution is -0.117. The Labute approximate surface area is 188 Å². The van der Waals surface area contributed by atoms with Crippen LogP contribution in [0.5, 0.6) is 0 Å². The summed E-state index contributed by atoms with van der Waals surface area (Å²) < 4.78 is 0.